The van der Waals surface area contributed by atoms with Crippen LogP contribution in [0.2, 0.25) is 0 Å². The van der Waals surface area contributed by atoms with Crippen LogP contribution >= 0.6 is 0 Å². The first-order chi connectivity index (χ1) is 13.0. The number of nitrogens with two attached hydrogens (primary N) is 1. The zero-order valence-electron chi connectivity index (χ0n) is 14.8. The second-order valence-corrected chi connectivity index (χ2v) is 6.27. The number of carbonyl (C=O) groups is 3. The average molecular weight is 367 g/mol. The molecule has 27 heavy (non-hydrogen) atoms. The molecule has 7 heteroatoms. The zero-order chi connectivity index (χ0) is 19.2. The Hall–Kier alpha value is -3.35. The van der Waals surface area contributed by atoms with E-state index >= 15 is 0 Å². The van der Waals surface area contributed by atoms with Gasteiger partial charge >= 0.3 is 6.09 Å². The maximum Gasteiger partial charge on any atom is 0.405 e. The molecule has 3 amide bonds. The summed E-state index contributed by atoms with van der Waals surface area (Å²) in [7, 11) is 0. The van der Waals surface area contributed by atoms with Crippen molar-refractivity contribution < 1.29 is 19.1 Å². The molecule has 0 aromatic heterocycles. The van der Waals surface area contributed by atoms with Crippen LogP contribution in [0.3, 0.4) is 0 Å². The number of primary amides is 1. The van der Waals surface area contributed by atoms with Gasteiger partial charge in [0, 0.05) is 29.9 Å². The number of hydrogen-bond acceptors (Lipinski definition) is 4. The van der Waals surface area contributed by atoms with E-state index < -0.39 is 18.1 Å². The second-order valence-electron chi connectivity index (χ2n) is 6.27. The van der Waals surface area contributed by atoms with Gasteiger partial charge in [-0.2, -0.15) is 0 Å². The van der Waals surface area contributed by atoms with E-state index in [1.807, 2.05) is 0 Å². The van der Waals surface area contributed by atoms with Gasteiger partial charge in [-0.15, -0.1) is 0 Å². The van der Waals surface area contributed by atoms with Gasteiger partial charge in [0.05, 0.1) is 0 Å². The van der Waals surface area contributed by atoms with Crippen molar-refractivity contribution in [2.75, 3.05) is 16.8 Å². The van der Waals surface area contributed by atoms with Gasteiger partial charge in [-0.05, 0) is 37.1 Å². The van der Waals surface area contributed by atoms with E-state index in [9.17, 15) is 14.4 Å². The maximum absolute atomic E-state index is 12.6. The lowest BCUT2D eigenvalue weighted by atomic mass is 10.1. The average Bonchev–Trinajstić information content (AvgIpc) is 2.68. The Morgan fingerprint density at radius 3 is 2.37 bits per heavy atom. The molecule has 2 aromatic rings. The number of nitrogens with zero attached hydrogens (tertiary/aromatic N) is 1. The molecular weight excluding hydrogens is 346 g/mol. The molecule has 7 nitrogen and oxygen atoms in total. The predicted octanol–water partition coefficient (Wildman–Crippen LogP) is 2.98. The summed E-state index contributed by atoms with van der Waals surface area (Å²) in [4.78, 5) is 37.5. The smallest absolute Gasteiger partial charge is 0.405 e. The molecule has 1 atom stereocenters. The van der Waals surface area contributed by atoms with E-state index in [0.717, 1.165) is 18.5 Å². The first-order valence-electron chi connectivity index (χ1n) is 8.77. The summed E-state index contributed by atoms with van der Waals surface area (Å²) < 4.78 is 4.98. The molecule has 1 aliphatic heterocycles. The van der Waals surface area contributed by atoms with Crippen LogP contribution in [0, 0.1) is 0 Å². The van der Waals surface area contributed by atoms with Crippen LogP contribution in [-0.4, -0.2) is 24.5 Å². The third-order valence-electron chi connectivity index (χ3n) is 4.34. The van der Waals surface area contributed by atoms with Crippen molar-refractivity contribution in [3.8, 4) is 0 Å². The molecule has 1 fully saturated rings. The van der Waals surface area contributed by atoms with E-state index in [0.29, 0.717) is 24.2 Å². The fraction of sp³-hybridized carbons (Fsp3) is 0.250. The number of carbonyl (C=O) groups excluding carboxylic acids is 3. The van der Waals surface area contributed by atoms with Crippen molar-refractivity contribution in [2.45, 2.75) is 25.4 Å². The van der Waals surface area contributed by atoms with Gasteiger partial charge in [0.15, 0.2) is 0 Å². The largest absolute Gasteiger partial charge is 0.431 e. The molecule has 0 aliphatic carbocycles. The van der Waals surface area contributed by atoms with E-state index in [-0.39, 0.29) is 5.91 Å². The molecule has 1 heterocycles. The quantitative estimate of drug-likeness (QED) is 0.848. The van der Waals surface area contributed by atoms with Gasteiger partial charge < -0.3 is 20.7 Å². The lowest BCUT2D eigenvalue weighted by Gasteiger charge is -2.27. The molecule has 1 aliphatic rings. The molecule has 0 saturated carbocycles. The Morgan fingerprint density at radius 1 is 1.04 bits per heavy atom. The van der Waals surface area contributed by atoms with E-state index in [1.165, 1.54) is 0 Å². The van der Waals surface area contributed by atoms with E-state index in [4.69, 9.17) is 10.5 Å². The highest BCUT2D eigenvalue weighted by Crippen LogP contribution is 2.24. The van der Waals surface area contributed by atoms with Crippen LogP contribution < -0.4 is 16.0 Å². The highest BCUT2D eigenvalue weighted by atomic mass is 16.6. The maximum atomic E-state index is 12.6. The number of ether oxygens (including phenoxy) is 1. The fourth-order valence-electron chi connectivity index (χ4n) is 3.03. The Kier molecular flexibility index (Phi) is 5.71. The SMILES string of the molecule is NC(=O)OC(C(=O)Nc1ccc(N2CCCCC2=O)cc1)c1ccccc1. The third-order valence-corrected chi connectivity index (χ3v) is 4.34. The van der Waals surface area contributed by atoms with Crippen molar-refractivity contribution in [3.05, 3.63) is 60.2 Å². The van der Waals surface area contributed by atoms with Gasteiger partial charge in [0.25, 0.3) is 5.91 Å². The molecule has 1 saturated heterocycles. The topological polar surface area (TPSA) is 102 Å². The Balaban J connectivity index is 1.72. The molecular formula is C20H21N3O4. The summed E-state index contributed by atoms with van der Waals surface area (Å²) in [6, 6.07) is 15.6. The molecule has 1 unspecified atom stereocenters. The Labute approximate surface area is 157 Å². The summed E-state index contributed by atoms with van der Waals surface area (Å²) in [5.74, 6) is -0.404. The molecule has 140 valence electrons. The van der Waals surface area contributed by atoms with Crippen molar-refractivity contribution in [1.29, 1.82) is 0 Å². The van der Waals surface area contributed by atoms with Crippen LogP contribution in [0.4, 0.5) is 16.2 Å². The third kappa shape index (κ3) is 4.63. The van der Waals surface area contributed by atoms with Crippen molar-refractivity contribution in [2.24, 2.45) is 5.73 Å². The molecule has 0 bridgehead atoms. The van der Waals surface area contributed by atoms with Crippen LogP contribution in [0.5, 0.6) is 0 Å². The number of amides is 3. The van der Waals surface area contributed by atoms with E-state index in [2.05, 4.69) is 5.32 Å². The van der Waals surface area contributed by atoms with Crippen molar-refractivity contribution in [3.63, 3.8) is 0 Å². The van der Waals surface area contributed by atoms with Gasteiger partial charge in [0.1, 0.15) is 0 Å². The number of piperidine rings is 1. The number of anilines is 2. The first-order valence-corrected chi connectivity index (χ1v) is 8.77. The highest BCUT2D eigenvalue weighted by Gasteiger charge is 2.24. The summed E-state index contributed by atoms with van der Waals surface area (Å²) in [6.07, 6.45) is 0.282. The van der Waals surface area contributed by atoms with Gasteiger partial charge in [-0.3, -0.25) is 9.59 Å². The standard InChI is InChI=1S/C20H21N3O4/c21-20(26)27-18(14-6-2-1-3-7-14)19(25)22-15-9-11-16(12-10-15)23-13-5-4-8-17(23)24/h1-3,6-7,9-12,18H,4-5,8,13H2,(H2,21,26)(H,22,25). The second kappa shape index (κ2) is 8.35. The summed E-state index contributed by atoms with van der Waals surface area (Å²) in [5.41, 5.74) is 6.94. The number of rotatable bonds is 5. The predicted molar refractivity (Wildman–Crippen MR) is 101 cm³/mol. The molecule has 2 aromatic carbocycles. The Bertz CT molecular complexity index is 821. The van der Waals surface area contributed by atoms with Crippen molar-refractivity contribution >= 4 is 29.3 Å². The van der Waals surface area contributed by atoms with Crippen LogP contribution in [0.15, 0.2) is 54.6 Å². The number of nitrogens with one attached hydrogen (secondary N) is 1. The normalized spacial score (nSPS) is 15.1. The van der Waals surface area contributed by atoms with Crippen molar-refractivity contribution in [1.82, 2.24) is 0 Å². The fourth-order valence-corrected chi connectivity index (χ4v) is 3.03. The van der Waals surface area contributed by atoms with Gasteiger partial charge in [-0.1, -0.05) is 30.3 Å². The lowest BCUT2D eigenvalue weighted by molar-refractivity contribution is -0.124. The number of hydrogen-bond donors (Lipinski definition) is 2. The zero-order valence-corrected chi connectivity index (χ0v) is 14.8. The monoisotopic (exact) mass is 367 g/mol. The minimum Gasteiger partial charge on any atom is -0.431 e. The molecule has 3 N–H and O–H groups in total. The van der Waals surface area contributed by atoms with E-state index in [1.54, 1.807) is 59.5 Å². The Morgan fingerprint density at radius 2 is 1.74 bits per heavy atom. The van der Waals surface area contributed by atoms with Crippen LogP contribution in [0.1, 0.15) is 30.9 Å². The molecule has 3 rings (SSSR count). The first kappa shape index (κ1) is 18.4. The van der Waals surface area contributed by atoms with Crippen LogP contribution in [-0.2, 0) is 14.3 Å². The van der Waals surface area contributed by atoms with Gasteiger partial charge in [-0.25, -0.2) is 4.79 Å². The summed E-state index contributed by atoms with van der Waals surface area (Å²) >= 11 is 0. The highest BCUT2D eigenvalue weighted by molar-refractivity contribution is 5.97. The summed E-state index contributed by atoms with van der Waals surface area (Å²) in [5, 5.41) is 2.71. The minimum absolute atomic E-state index is 0.108. The molecule has 0 radical (unpaired) electrons. The summed E-state index contributed by atoms with van der Waals surface area (Å²) in [6.45, 7) is 0.701. The van der Waals surface area contributed by atoms with Crippen LogP contribution in [0.25, 0.3) is 0 Å². The lowest BCUT2D eigenvalue weighted by Crippen LogP contribution is -2.35. The minimum atomic E-state index is -1.15. The number of benzene rings is 2. The van der Waals surface area contributed by atoms with Gasteiger partial charge in [0.2, 0.25) is 12.0 Å². The molecule has 0 spiro atoms.